The van der Waals surface area contributed by atoms with Crippen LogP contribution in [0, 0.1) is 0 Å². The summed E-state index contributed by atoms with van der Waals surface area (Å²) >= 11 is 0. The van der Waals surface area contributed by atoms with Crippen LogP contribution in [-0.2, 0) is 11.8 Å². The highest BCUT2D eigenvalue weighted by Gasteiger charge is 2.14. The number of ether oxygens (including phenoxy) is 1. The number of nitrogens with zero attached hydrogens (tertiary/aromatic N) is 3. The lowest BCUT2D eigenvalue weighted by molar-refractivity contribution is 0.108. The predicted octanol–water partition coefficient (Wildman–Crippen LogP) is 2.70. The highest BCUT2D eigenvalue weighted by molar-refractivity contribution is 5.82. The molecule has 2 heterocycles. The Hall–Kier alpha value is -2.53. The summed E-state index contributed by atoms with van der Waals surface area (Å²) in [4.78, 5) is 21.4. The van der Waals surface area contributed by atoms with Gasteiger partial charge >= 0.3 is 0 Å². The number of hydrogen-bond donors (Lipinski definition) is 0. The molecule has 2 aromatic heterocycles. The number of pyridine rings is 1. The number of methoxy groups -OCH3 is 1. The van der Waals surface area contributed by atoms with E-state index in [-0.39, 0.29) is 11.7 Å². The molecule has 5 nitrogen and oxygen atoms in total. The molecule has 0 aliphatic carbocycles. The van der Waals surface area contributed by atoms with Crippen molar-refractivity contribution >= 4 is 10.9 Å². The third kappa shape index (κ3) is 2.40. The van der Waals surface area contributed by atoms with Gasteiger partial charge in [0.2, 0.25) is 0 Å². The summed E-state index contributed by atoms with van der Waals surface area (Å²) in [6.07, 6.45) is 1.50. The minimum Gasteiger partial charge on any atom is -0.374 e. The summed E-state index contributed by atoms with van der Waals surface area (Å²) < 4.78 is 6.84. The summed E-state index contributed by atoms with van der Waals surface area (Å²) in [5.74, 6) is 0.609. The third-order valence-corrected chi connectivity index (χ3v) is 3.79. The van der Waals surface area contributed by atoms with Crippen molar-refractivity contribution in [1.82, 2.24) is 14.5 Å². The largest absolute Gasteiger partial charge is 0.374 e. The summed E-state index contributed by atoms with van der Waals surface area (Å²) in [6, 6.07) is 11.3. The van der Waals surface area contributed by atoms with E-state index in [1.807, 2.05) is 37.3 Å². The van der Waals surface area contributed by atoms with Crippen molar-refractivity contribution in [3.63, 3.8) is 0 Å². The van der Waals surface area contributed by atoms with E-state index in [9.17, 15) is 4.79 Å². The second kappa shape index (κ2) is 5.69. The molecule has 0 spiro atoms. The van der Waals surface area contributed by atoms with Gasteiger partial charge < -0.3 is 4.74 Å². The first-order valence-electron chi connectivity index (χ1n) is 7.06. The second-order valence-electron chi connectivity index (χ2n) is 5.16. The number of hydrogen-bond acceptors (Lipinski definition) is 4. The zero-order chi connectivity index (χ0) is 15.7. The van der Waals surface area contributed by atoms with Crippen LogP contribution in [-0.4, -0.2) is 21.6 Å². The van der Waals surface area contributed by atoms with Crippen LogP contribution in [0.1, 0.15) is 18.9 Å². The van der Waals surface area contributed by atoms with E-state index in [1.165, 1.54) is 4.57 Å². The molecule has 22 heavy (non-hydrogen) atoms. The Balaban J connectivity index is 2.24. The first-order chi connectivity index (χ1) is 10.6. The molecule has 0 radical (unpaired) electrons. The minimum absolute atomic E-state index is 0.0727. The van der Waals surface area contributed by atoms with Gasteiger partial charge in [-0.05, 0) is 31.2 Å². The number of rotatable bonds is 3. The zero-order valence-corrected chi connectivity index (χ0v) is 12.8. The van der Waals surface area contributed by atoms with Crippen LogP contribution in [0.3, 0.4) is 0 Å². The fourth-order valence-electron chi connectivity index (χ4n) is 2.45. The van der Waals surface area contributed by atoms with Crippen molar-refractivity contribution in [3.05, 3.63) is 58.8 Å². The molecule has 0 N–H and O–H groups in total. The molecule has 0 bridgehead atoms. The molecule has 0 aliphatic heterocycles. The summed E-state index contributed by atoms with van der Waals surface area (Å²) in [7, 11) is 3.32. The molecule has 1 unspecified atom stereocenters. The molecular weight excluding hydrogens is 278 g/mol. The lowest BCUT2D eigenvalue weighted by Crippen LogP contribution is -2.24. The smallest absolute Gasteiger partial charge is 0.261 e. The van der Waals surface area contributed by atoms with Gasteiger partial charge in [0.1, 0.15) is 11.9 Å². The number of benzene rings is 1. The Morgan fingerprint density at radius 2 is 2.05 bits per heavy atom. The Morgan fingerprint density at radius 3 is 2.73 bits per heavy atom. The molecule has 3 rings (SSSR count). The van der Waals surface area contributed by atoms with Gasteiger partial charge in [-0.3, -0.25) is 14.3 Å². The van der Waals surface area contributed by atoms with Gasteiger partial charge in [-0.15, -0.1) is 0 Å². The van der Waals surface area contributed by atoms with Crippen molar-refractivity contribution < 1.29 is 4.74 Å². The summed E-state index contributed by atoms with van der Waals surface area (Å²) in [5.41, 5.74) is 2.37. The topological polar surface area (TPSA) is 57.0 Å². The standard InChI is InChI=1S/C17H17N3O2/c1-11(22-3)16-19-15-10-12(14-6-4-5-9-18-14)7-8-13(15)17(21)20(16)2/h4-11H,1-3H3. The minimum atomic E-state index is -0.249. The van der Waals surface area contributed by atoms with Gasteiger partial charge in [-0.2, -0.15) is 0 Å². The number of fused-ring (bicyclic) bond motifs is 1. The SMILES string of the molecule is COC(C)c1nc2cc(-c3ccccn3)ccc2c(=O)n1C. The van der Waals surface area contributed by atoms with Crippen molar-refractivity contribution in [2.45, 2.75) is 13.0 Å². The van der Waals surface area contributed by atoms with Gasteiger partial charge in [0.05, 0.1) is 16.6 Å². The summed E-state index contributed by atoms with van der Waals surface area (Å²) in [5, 5.41) is 0.592. The van der Waals surface area contributed by atoms with Gasteiger partial charge in [-0.1, -0.05) is 12.1 Å². The third-order valence-electron chi connectivity index (χ3n) is 3.79. The molecule has 0 saturated heterocycles. The molecule has 0 amide bonds. The van der Waals surface area contributed by atoms with Gasteiger partial charge in [0, 0.05) is 25.9 Å². The molecule has 3 aromatic rings. The maximum absolute atomic E-state index is 12.5. The maximum atomic E-state index is 12.5. The Labute approximate surface area is 128 Å². The normalized spacial score (nSPS) is 12.5. The van der Waals surface area contributed by atoms with Gasteiger partial charge in [-0.25, -0.2) is 4.98 Å². The van der Waals surface area contributed by atoms with E-state index in [0.29, 0.717) is 16.7 Å². The van der Waals surface area contributed by atoms with Crippen LogP contribution in [0.5, 0.6) is 0 Å². The maximum Gasteiger partial charge on any atom is 0.261 e. The van der Waals surface area contributed by atoms with E-state index < -0.39 is 0 Å². The molecule has 112 valence electrons. The average Bonchev–Trinajstić information content (AvgIpc) is 2.57. The lowest BCUT2D eigenvalue weighted by Gasteiger charge is -2.14. The zero-order valence-electron chi connectivity index (χ0n) is 12.8. The molecule has 1 aromatic carbocycles. The average molecular weight is 295 g/mol. The van der Waals surface area contributed by atoms with Crippen LogP contribution >= 0.6 is 0 Å². The van der Waals surface area contributed by atoms with Crippen LogP contribution < -0.4 is 5.56 Å². The van der Waals surface area contributed by atoms with Crippen LogP contribution in [0.4, 0.5) is 0 Å². The predicted molar refractivity (Wildman–Crippen MR) is 85.6 cm³/mol. The first-order valence-corrected chi connectivity index (χ1v) is 7.06. The summed E-state index contributed by atoms with van der Waals surface area (Å²) in [6.45, 7) is 1.87. The van der Waals surface area contributed by atoms with Crippen molar-refractivity contribution in [2.75, 3.05) is 7.11 Å². The monoisotopic (exact) mass is 295 g/mol. The quantitative estimate of drug-likeness (QED) is 0.745. The van der Waals surface area contributed by atoms with Crippen molar-refractivity contribution in [3.8, 4) is 11.3 Å². The van der Waals surface area contributed by atoms with E-state index in [1.54, 1.807) is 26.4 Å². The van der Waals surface area contributed by atoms with Gasteiger partial charge in [0.25, 0.3) is 5.56 Å². The molecule has 1 atom stereocenters. The number of aromatic nitrogens is 3. The van der Waals surface area contributed by atoms with Crippen molar-refractivity contribution in [2.24, 2.45) is 7.05 Å². The Bertz CT molecular complexity index is 872. The molecular formula is C17H17N3O2. The van der Waals surface area contributed by atoms with Crippen LogP contribution in [0.15, 0.2) is 47.4 Å². The first kappa shape index (κ1) is 14.4. The highest BCUT2D eigenvalue weighted by atomic mass is 16.5. The fourth-order valence-corrected chi connectivity index (χ4v) is 2.45. The molecule has 0 aliphatic rings. The van der Waals surface area contributed by atoms with Crippen LogP contribution in [0.25, 0.3) is 22.2 Å². The van der Waals surface area contributed by atoms with Crippen LogP contribution in [0.2, 0.25) is 0 Å². The molecule has 0 saturated carbocycles. The highest BCUT2D eigenvalue weighted by Crippen LogP contribution is 2.21. The fraction of sp³-hybridized carbons (Fsp3) is 0.235. The van der Waals surface area contributed by atoms with E-state index in [0.717, 1.165) is 11.3 Å². The Kier molecular flexibility index (Phi) is 3.73. The van der Waals surface area contributed by atoms with Crippen molar-refractivity contribution in [1.29, 1.82) is 0 Å². The molecule has 5 heteroatoms. The second-order valence-corrected chi connectivity index (χ2v) is 5.16. The van der Waals surface area contributed by atoms with E-state index in [2.05, 4.69) is 9.97 Å². The van der Waals surface area contributed by atoms with E-state index in [4.69, 9.17) is 4.74 Å². The van der Waals surface area contributed by atoms with Gasteiger partial charge in [0.15, 0.2) is 0 Å². The van der Waals surface area contributed by atoms with E-state index >= 15 is 0 Å². The Morgan fingerprint density at radius 1 is 1.23 bits per heavy atom. The lowest BCUT2D eigenvalue weighted by atomic mass is 10.1. The molecule has 0 fully saturated rings.